The van der Waals surface area contributed by atoms with E-state index in [4.69, 9.17) is 5.73 Å². The van der Waals surface area contributed by atoms with Crippen LogP contribution in [-0.2, 0) is 13.5 Å². The van der Waals surface area contributed by atoms with Crippen LogP contribution in [0.15, 0.2) is 18.5 Å². The number of nitrogens with two attached hydrogens (primary N) is 1. The van der Waals surface area contributed by atoms with E-state index in [-0.39, 0.29) is 6.04 Å². The van der Waals surface area contributed by atoms with Gasteiger partial charge < -0.3 is 5.73 Å². The van der Waals surface area contributed by atoms with Crippen molar-refractivity contribution in [2.75, 3.05) is 0 Å². The first kappa shape index (κ1) is 13.8. The van der Waals surface area contributed by atoms with Gasteiger partial charge in [-0.25, -0.2) is 0 Å². The third kappa shape index (κ3) is 2.87. The predicted octanol–water partition coefficient (Wildman–Crippen LogP) is 2.14. The van der Waals surface area contributed by atoms with E-state index >= 15 is 0 Å². The maximum absolute atomic E-state index is 6.26. The monoisotopic (exact) mass is 261 g/mol. The highest BCUT2D eigenvalue weighted by atomic mass is 15.3. The minimum absolute atomic E-state index is 0.0472. The first-order chi connectivity index (χ1) is 9.02. The maximum Gasteiger partial charge on any atom is 0.0643 e. The maximum atomic E-state index is 6.26. The molecule has 5 heteroatoms. The van der Waals surface area contributed by atoms with Gasteiger partial charge in [0.15, 0.2) is 0 Å². The highest BCUT2D eigenvalue weighted by molar-refractivity contribution is 5.21. The summed E-state index contributed by atoms with van der Waals surface area (Å²) in [6, 6.07) is 2.44. The van der Waals surface area contributed by atoms with Gasteiger partial charge >= 0.3 is 0 Å². The number of aromatic nitrogens is 4. The van der Waals surface area contributed by atoms with Crippen LogP contribution < -0.4 is 5.73 Å². The highest BCUT2D eigenvalue weighted by Crippen LogP contribution is 2.19. The SMILES string of the molecule is CCC(C)n1ccc(CC(N)c2cnn(C)c2C)n1. The van der Waals surface area contributed by atoms with E-state index in [0.717, 1.165) is 29.8 Å². The summed E-state index contributed by atoms with van der Waals surface area (Å²) in [7, 11) is 1.93. The minimum Gasteiger partial charge on any atom is -0.324 e. The Kier molecular flexibility index (Phi) is 4.04. The van der Waals surface area contributed by atoms with Gasteiger partial charge in [0.1, 0.15) is 0 Å². The van der Waals surface area contributed by atoms with Crippen molar-refractivity contribution >= 4 is 0 Å². The van der Waals surface area contributed by atoms with Gasteiger partial charge in [-0.1, -0.05) is 6.92 Å². The van der Waals surface area contributed by atoms with Crippen molar-refractivity contribution in [3.05, 3.63) is 35.4 Å². The largest absolute Gasteiger partial charge is 0.324 e. The Bertz CT molecular complexity index is 540. The van der Waals surface area contributed by atoms with Crippen LogP contribution in [0.2, 0.25) is 0 Å². The first-order valence-corrected chi connectivity index (χ1v) is 6.81. The summed E-state index contributed by atoms with van der Waals surface area (Å²) in [6.07, 6.45) is 5.71. The third-order valence-corrected chi connectivity index (χ3v) is 3.81. The van der Waals surface area contributed by atoms with E-state index in [9.17, 15) is 0 Å². The summed E-state index contributed by atoms with van der Waals surface area (Å²) in [4.78, 5) is 0. The Morgan fingerprint density at radius 2 is 2.16 bits per heavy atom. The zero-order valence-corrected chi connectivity index (χ0v) is 12.2. The van der Waals surface area contributed by atoms with E-state index in [2.05, 4.69) is 30.1 Å². The van der Waals surface area contributed by atoms with Gasteiger partial charge in [-0.2, -0.15) is 10.2 Å². The molecule has 0 aliphatic rings. The Morgan fingerprint density at radius 1 is 1.42 bits per heavy atom. The lowest BCUT2D eigenvalue weighted by Gasteiger charge is -2.11. The fourth-order valence-electron chi connectivity index (χ4n) is 2.13. The fourth-order valence-corrected chi connectivity index (χ4v) is 2.13. The summed E-state index contributed by atoms with van der Waals surface area (Å²) in [5.74, 6) is 0. The molecule has 0 bridgehead atoms. The van der Waals surface area contributed by atoms with Gasteiger partial charge in [0.2, 0.25) is 0 Å². The molecule has 2 aromatic rings. The van der Waals surface area contributed by atoms with E-state index < -0.39 is 0 Å². The third-order valence-electron chi connectivity index (χ3n) is 3.81. The molecule has 0 aliphatic heterocycles. The van der Waals surface area contributed by atoms with Gasteiger partial charge in [0.05, 0.1) is 11.9 Å². The first-order valence-electron chi connectivity index (χ1n) is 6.81. The molecule has 5 nitrogen and oxygen atoms in total. The molecule has 0 aromatic carbocycles. The minimum atomic E-state index is -0.0472. The van der Waals surface area contributed by atoms with Crippen LogP contribution in [0, 0.1) is 6.92 Å². The molecule has 0 amide bonds. The van der Waals surface area contributed by atoms with Crippen molar-refractivity contribution in [2.24, 2.45) is 12.8 Å². The molecule has 2 rings (SSSR count). The van der Waals surface area contributed by atoms with Crippen molar-refractivity contribution in [1.82, 2.24) is 19.6 Å². The topological polar surface area (TPSA) is 61.7 Å². The second-order valence-electron chi connectivity index (χ2n) is 5.16. The molecule has 19 heavy (non-hydrogen) atoms. The zero-order valence-electron chi connectivity index (χ0n) is 12.2. The van der Waals surface area contributed by atoms with Crippen LogP contribution in [0.4, 0.5) is 0 Å². The van der Waals surface area contributed by atoms with Crippen molar-refractivity contribution in [2.45, 2.75) is 45.7 Å². The number of rotatable bonds is 5. The fraction of sp³-hybridized carbons (Fsp3) is 0.571. The molecule has 0 aliphatic carbocycles. The van der Waals surface area contributed by atoms with Gasteiger partial charge in [-0.3, -0.25) is 9.36 Å². The molecular weight excluding hydrogens is 238 g/mol. The van der Waals surface area contributed by atoms with Gasteiger partial charge in [0.25, 0.3) is 0 Å². The molecule has 2 N–H and O–H groups in total. The molecule has 104 valence electrons. The normalized spacial score (nSPS) is 14.6. The number of hydrogen-bond acceptors (Lipinski definition) is 3. The summed E-state index contributed by atoms with van der Waals surface area (Å²) in [5.41, 5.74) is 9.51. The van der Waals surface area contributed by atoms with Crippen molar-refractivity contribution in [3.8, 4) is 0 Å². The molecule has 0 fully saturated rings. The van der Waals surface area contributed by atoms with Crippen LogP contribution in [0.3, 0.4) is 0 Å². The highest BCUT2D eigenvalue weighted by Gasteiger charge is 2.15. The number of hydrogen-bond donors (Lipinski definition) is 1. The second-order valence-corrected chi connectivity index (χ2v) is 5.16. The molecule has 2 atom stereocenters. The molecule has 0 saturated carbocycles. The lowest BCUT2D eigenvalue weighted by Crippen LogP contribution is -2.15. The molecular formula is C14H23N5. The molecule has 0 spiro atoms. The Balaban J connectivity index is 2.09. The average Bonchev–Trinajstić information content (AvgIpc) is 2.97. The van der Waals surface area contributed by atoms with E-state index in [1.54, 1.807) is 0 Å². The second kappa shape index (κ2) is 5.57. The lowest BCUT2D eigenvalue weighted by molar-refractivity contribution is 0.472. The quantitative estimate of drug-likeness (QED) is 0.897. The Morgan fingerprint density at radius 3 is 2.74 bits per heavy atom. The predicted molar refractivity (Wildman–Crippen MR) is 75.8 cm³/mol. The number of nitrogens with zero attached hydrogens (tertiary/aromatic N) is 4. The molecule has 2 aromatic heterocycles. The van der Waals surface area contributed by atoms with Crippen molar-refractivity contribution in [3.63, 3.8) is 0 Å². The smallest absolute Gasteiger partial charge is 0.0643 e. The van der Waals surface area contributed by atoms with Crippen LogP contribution in [-0.4, -0.2) is 19.6 Å². The van der Waals surface area contributed by atoms with Crippen LogP contribution in [0.1, 0.15) is 49.3 Å². The van der Waals surface area contributed by atoms with Gasteiger partial charge in [-0.15, -0.1) is 0 Å². The summed E-state index contributed by atoms with van der Waals surface area (Å²) >= 11 is 0. The van der Waals surface area contributed by atoms with Crippen molar-refractivity contribution in [1.29, 1.82) is 0 Å². The Hall–Kier alpha value is -1.62. The molecule has 0 radical (unpaired) electrons. The zero-order chi connectivity index (χ0) is 14.0. The molecule has 2 heterocycles. The van der Waals surface area contributed by atoms with E-state index in [1.807, 2.05) is 35.7 Å². The molecule has 2 unspecified atom stereocenters. The summed E-state index contributed by atoms with van der Waals surface area (Å²) < 4.78 is 3.87. The van der Waals surface area contributed by atoms with Gasteiger partial charge in [-0.05, 0) is 26.3 Å². The van der Waals surface area contributed by atoms with Crippen LogP contribution in [0.25, 0.3) is 0 Å². The van der Waals surface area contributed by atoms with E-state index in [0.29, 0.717) is 6.04 Å². The summed E-state index contributed by atoms with van der Waals surface area (Å²) in [6.45, 7) is 6.37. The average molecular weight is 261 g/mol. The summed E-state index contributed by atoms with van der Waals surface area (Å²) in [5, 5.41) is 8.83. The number of aryl methyl sites for hydroxylation is 1. The molecule has 0 saturated heterocycles. The van der Waals surface area contributed by atoms with Crippen LogP contribution in [0.5, 0.6) is 0 Å². The van der Waals surface area contributed by atoms with E-state index in [1.165, 1.54) is 0 Å². The van der Waals surface area contributed by atoms with Gasteiger partial charge in [0, 0.05) is 43.0 Å². The van der Waals surface area contributed by atoms with Crippen LogP contribution >= 0.6 is 0 Å². The Labute approximate surface area is 114 Å². The lowest BCUT2D eigenvalue weighted by atomic mass is 10.0. The standard InChI is InChI=1S/C14H23N5/c1-5-10(2)19-7-6-12(17-19)8-14(15)13-9-16-18(4)11(13)3/h6-7,9-10,14H,5,8,15H2,1-4H3. The van der Waals surface area contributed by atoms with Crippen molar-refractivity contribution < 1.29 is 0 Å².